The van der Waals surface area contributed by atoms with Crippen molar-refractivity contribution in [2.45, 2.75) is 70.6 Å². The summed E-state index contributed by atoms with van der Waals surface area (Å²) in [6.45, 7) is 7.96. The highest BCUT2D eigenvalue weighted by atomic mass is 35.5. The zero-order valence-electron chi connectivity index (χ0n) is 16.2. The van der Waals surface area contributed by atoms with Crippen LogP contribution in [0.15, 0.2) is 18.2 Å². The van der Waals surface area contributed by atoms with Gasteiger partial charge in [0.05, 0.1) is 11.1 Å². The summed E-state index contributed by atoms with van der Waals surface area (Å²) < 4.78 is 5.83. The molecule has 0 unspecified atom stereocenters. The van der Waals surface area contributed by atoms with Crippen molar-refractivity contribution in [1.29, 1.82) is 0 Å². The third-order valence-electron chi connectivity index (χ3n) is 6.18. The summed E-state index contributed by atoms with van der Waals surface area (Å²) in [6, 6.07) is 6.07. The Kier molecular flexibility index (Phi) is 5.88. The molecule has 1 aliphatic carbocycles. The third kappa shape index (κ3) is 4.53. The predicted molar refractivity (Wildman–Crippen MR) is 105 cm³/mol. The van der Waals surface area contributed by atoms with Crippen molar-refractivity contribution in [2.75, 3.05) is 19.7 Å². The van der Waals surface area contributed by atoms with Crippen molar-refractivity contribution in [3.05, 3.63) is 28.8 Å². The average molecular weight is 382 g/mol. The van der Waals surface area contributed by atoms with Crippen LogP contribution in [0.4, 0.5) is 0 Å². The standard InChI is InChI=1S/C21H32ClNO3/c1-15-4-5-17(22)18(12-15)26-14-21(25)13-23(11-8-19(21)24)16-6-9-20(2,3)10-7-16/h4-5,12,16,19,24-25H,6-11,13-14H2,1-3H3/t19-,21-/m0/s1. The maximum atomic E-state index is 11.1. The average Bonchev–Trinajstić information content (AvgIpc) is 2.58. The Morgan fingerprint density at radius 1 is 1.23 bits per heavy atom. The van der Waals surface area contributed by atoms with Crippen LogP contribution in [0.5, 0.6) is 5.75 Å². The molecule has 2 atom stereocenters. The molecule has 4 nitrogen and oxygen atoms in total. The number of nitrogens with zero attached hydrogens (tertiary/aromatic N) is 1. The molecule has 1 saturated carbocycles. The number of benzene rings is 1. The fourth-order valence-corrected chi connectivity index (χ4v) is 4.39. The van der Waals surface area contributed by atoms with Crippen LogP contribution in [-0.4, -0.2) is 52.6 Å². The summed E-state index contributed by atoms with van der Waals surface area (Å²) in [5.74, 6) is 0.559. The van der Waals surface area contributed by atoms with E-state index in [9.17, 15) is 10.2 Å². The lowest BCUT2D eigenvalue weighted by molar-refractivity contribution is -0.148. The fraction of sp³-hybridized carbons (Fsp3) is 0.714. The lowest BCUT2D eigenvalue weighted by Gasteiger charge is -2.47. The first kappa shape index (κ1) is 19.9. The van der Waals surface area contributed by atoms with E-state index in [-0.39, 0.29) is 6.61 Å². The highest BCUT2D eigenvalue weighted by molar-refractivity contribution is 6.32. The lowest BCUT2D eigenvalue weighted by Crippen LogP contribution is -2.62. The van der Waals surface area contributed by atoms with Gasteiger partial charge in [-0.15, -0.1) is 0 Å². The van der Waals surface area contributed by atoms with Gasteiger partial charge >= 0.3 is 0 Å². The third-order valence-corrected chi connectivity index (χ3v) is 6.49. The van der Waals surface area contributed by atoms with Gasteiger partial charge in [0.15, 0.2) is 0 Å². The molecular formula is C21H32ClNO3. The molecule has 2 N–H and O–H groups in total. The summed E-state index contributed by atoms with van der Waals surface area (Å²) in [6.07, 6.45) is 4.53. The van der Waals surface area contributed by atoms with Crippen molar-refractivity contribution in [1.82, 2.24) is 4.90 Å². The molecule has 0 bridgehead atoms. The van der Waals surface area contributed by atoms with Gasteiger partial charge in [0, 0.05) is 19.1 Å². The molecule has 3 rings (SSSR count). The predicted octanol–water partition coefficient (Wildman–Crippen LogP) is 3.79. The Labute approximate surface area is 162 Å². The number of ether oxygens (including phenoxy) is 1. The first-order valence-electron chi connectivity index (χ1n) is 9.72. The van der Waals surface area contributed by atoms with Gasteiger partial charge in [-0.2, -0.15) is 0 Å². The summed E-state index contributed by atoms with van der Waals surface area (Å²) in [4.78, 5) is 2.35. The van der Waals surface area contributed by atoms with Gasteiger partial charge in [-0.3, -0.25) is 4.90 Å². The van der Waals surface area contributed by atoms with Gasteiger partial charge in [-0.05, 0) is 62.1 Å². The van der Waals surface area contributed by atoms with E-state index in [1.165, 1.54) is 12.8 Å². The van der Waals surface area contributed by atoms with Crippen LogP contribution < -0.4 is 4.74 Å². The Morgan fingerprint density at radius 2 is 1.92 bits per heavy atom. The van der Waals surface area contributed by atoms with E-state index in [0.717, 1.165) is 24.9 Å². The number of likely N-dealkylation sites (tertiary alicyclic amines) is 1. The number of hydrogen-bond donors (Lipinski definition) is 2. The van der Waals surface area contributed by atoms with Crippen molar-refractivity contribution < 1.29 is 14.9 Å². The molecule has 2 aliphatic rings. The topological polar surface area (TPSA) is 52.9 Å². The van der Waals surface area contributed by atoms with Gasteiger partial charge in [0.1, 0.15) is 18.0 Å². The summed E-state index contributed by atoms with van der Waals surface area (Å²) in [7, 11) is 0. The molecule has 1 saturated heterocycles. The van der Waals surface area contributed by atoms with Crippen LogP contribution in [0.25, 0.3) is 0 Å². The van der Waals surface area contributed by atoms with Crippen LogP contribution in [0.2, 0.25) is 5.02 Å². The van der Waals surface area contributed by atoms with Crippen molar-refractivity contribution in [3.8, 4) is 5.75 Å². The first-order chi connectivity index (χ1) is 12.2. The van der Waals surface area contributed by atoms with Gasteiger partial charge < -0.3 is 14.9 Å². The highest BCUT2D eigenvalue weighted by Crippen LogP contribution is 2.38. The largest absolute Gasteiger partial charge is 0.489 e. The Hall–Kier alpha value is -0.810. The highest BCUT2D eigenvalue weighted by Gasteiger charge is 2.44. The van der Waals surface area contributed by atoms with Crippen LogP contribution in [0.1, 0.15) is 51.5 Å². The zero-order chi connectivity index (χ0) is 18.9. The van der Waals surface area contributed by atoms with E-state index in [0.29, 0.717) is 35.2 Å². The molecule has 146 valence electrons. The minimum Gasteiger partial charge on any atom is -0.489 e. The van der Waals surface area contributed by atoms with Crippen molar-refractivity contribution in [3.63, 3.8) is 0 Å². The Bertz CT molecular complexity index is 626. The molecule has 1 aromatic rings. The zero-order valence-corrected chi connectivity index (χ0v) is 16.9. The van der Waals surface area contributed by atoms with E-state index in [4.69, 9.17) is 16.3 Å². The molecular weight excluding hydrogens is 350 g/mol. The summed E-state index contributed by atoms with van der Waals surface area (Å²) >= 11 is 6.19. The molecule has 1 aliphatic heterocycles. The Morgan fingerprint density at radius 3 is 2.62 bits per heavy atom. The number of β-amino-alcohol motifs (C(OH)–C–C–N with tert-alkyl or cyclic N) is 1. The summed E-state index contributed by atoms with van der Waals surface area (Å²) in [5.41, 5.74) is 0.206. The molecule has 0 aromatic heterocycles. The molecule has 1 heterocycles. The first-order valence-corrected chi connectivity index (χ1v) is 10.1. The van der Waals surface area contributed by atoms with Gasteiger partial charge in [0.25, 0.3) is 0 Å². The monoisotopic (exact) mass is 381 g/mol. The second kappa shape index (κ2) is 7.67. The number of piperidine rings is 1. The number of aryl methyl sites for hydroxylation is 1. The van der Waals surface area contributed by atoms with Gasteiger partial charge in [-0.25, -0.2) is 0 Å². The Balaban J connectivity index is 1.64. The molecule has 0 amide bonds. The van der Waals surface area contributed by atoms with Crippen molar-refractivity contribution in [2.24, 2.45) is 5.41 Å². The van der Waals surface area contributed by atoms with E-state index in [1.54, 1.807) is 6.07 Å². The fourth-order valence-electron chi connectivity index (χ4n) is 4.22. The van der Waals surface area contributed by atoms with E-state index in [2.05, 4.69) is 18.7 Å². The van der Waals surface area contributed by atoms with E-state index < -0.39 is 11.7 Å². The van der Waals surface area contributed by atoms with E-state index >= 15 is 0 Å². The van der Waals surface area contributed by atoms with Gasteiger partial charge in [-0.1, -0.05) is 31.5 Å². The summed E-state index contributed by atoms with van der Waals surface area (Å²) in [5, 5.41) is 22.1. The number of halogens is 1. The quantitative estimate of drug-likeness (QED) is 0.833. The van der Waals surface area contributed by atoms with Crippen LogP contribution in [-0.2, 0) is 0 Å². The SMILES string of the molecule is Cc1ccc(Cl)c(OC[C@@]2(O)CN(C3CCC(C)(C)CC3)CC[C@@H]2O)c1. The molecule has 26 heavy (non-hydrogen) atoms. The van der Waals surface area contributed by atoms with Crippen molar-refractivity contribution >= 4 is 11.6 Å². The van der Waals surface area contributed by atoms with E-state index in [1.807, 2.05) is 19.1 Å². The molecule has 0 radical (unpaired) electrons. The normalized spacial score (nSPS) is 30.3. The van der Waals surface area contributed by atoms with Crippen LogP contribution >= 0.6 is 11.6 Å². The number of hydrogen-bond acceptors (Lipinski definition) is 4. The number of aliphatic hydroxyl groups is 2. The number of rotatable bonds is 4. The van der Waals surface area contributed by atoms with Gasteiger partial charge in [0.2, 0.25) is 0 Å². The maximum absolute atomic E-state index is 11.1. The second-order valence-corrected chi connectivity index (χ2v) is 9.40. The van der Waals surface area contributed by atoms with Crippen LogP contribution in [0, 0.1) is 12.3 Å². The minimum atomic E-state index is -1.27. The molecule has 0 spiro atoms. The second-order valence-electron chi connectivity index (χ2n) is 9.00. The molecule has 2 fully saturated rings. The smallest absolute Gasteiger partial charge is 0.138 e. The minimum absolute atomic E-state index is 0.0477. The molecule has 5 heteroatoms. The van der Waals surface area contributed by atoms with Crippen LogP contribution in [0.3, 0.4) is 0 Å². The molecule has 1 aromatic carbocycles. The maximum Gasteiger partial charge on any atom is 0.138 e. The number of aliphatic hydroxyl groups excluding tert-OH is 1. The lowest BCUT2D eigenvalue weighted by atomic mass is 9.74.